The van der Waals surface area contributed by atoms with Crippen LogP contribution in [0.2, 0.25) is 0 Å². The first-order valence-electron chi connectivity index (χ1n) is 41.3. The molecule has 0 spiro atoms. The molecule has 0 N–H and O–H groups in total. The number of amides is 1. The van der Waals surface area contributed by atoms with Crippen molar-refractivity contribution < 1.29 is 19.0 Å². The lowest BCUT2D eigenvalue weighted by atomic mass is 10.0. The second-order valence-electron chi connectivity index (χ2n) is 34.9. The third-order valence-electron chi connectivity index (χ3n) is 21.8. The van der Waals surface area contributed by atoms with Crippen LogP contribution in [-0.4, -0.2) is 364 Å². The van der Waals surface area contributed by atoms with Crippen molar-refractivity contribution in [3.05, 3.63) is 12.5 Å². The lowest BCUT2D eigenvalue weighted by molar-refractivity contribution is -0.135. The number of likely N-dealkylation sites (tertiary alicyclic amines) is 3. The van der Waals surface area contributed by atoms with Crippen LogP contribution >= 0.6 is 0 Å². The van der Waals surface area contributed by atoms with E-state index in [1.54, 1.807) is 0 Å². The number of hydrogen-bond donors (Lipinski definition) is 0. The minimum absolute atomic E-state index is 0.144. The molecule has 0 aromatic rings. The highest BCUT2D eigenvalue weighted by Gasteiger charge is 2.30. The third kappa shape index (κ3) is 40.3. The number of hydrogen-bond acceptors (Lipinski definition) is 17. The summed E-state index contributed by atoms with van der Waals surface area (Å²) in [4.78, 5) is 46.1. The zero-order valence-corrected chi connectivity index (χ0v) is 71.6. The smallest absolute Gasteiger partial charge is 0.225 e. The highest BCUT2D eigenvalue weighted by molar-refractivity contribution is 5.78. The van der Waals surface area contributed by atoms with Crippen molar-refractivity contribution in [2.45, 2.75) is 296 Å². The fourth-order valence-electron chi connectivity index (χ4n) is 14.7. The standard InChI is InChI=1S/C13H26N2O.C12H24N2O.C11H22N2O.C11H24N2.C10H22N2.C9H19NO.C8H18N2.C8H17N/c1-11(2)14-7-9-15(10-8-14)12(3)16-13(4,5)6;1-11(2)13-5-3-12(4-6-13)14-7-9-15-10-8-14;1-9(2)11(14)13-7-5-10(6-8-13)12(3)4;1-10(2)9-12-5-7-13(8-6-12)11(3)4;1-9(2)11-5-7-12(8-6-11)10(3)4;1-7(2)10-5-8(3)11-9(4)6-10;1-8(2)10-6-4-9(3)5-7-10;1-8(2)9-6-4-3-5-7-9/h11H,3,7-10H2,1-2,4-6H3;11-12H,3-10H2,1-2H3;9-10H,5-8H2,1-4H3;10-11H,5-9H2,1-4H3;9-10H,5-8H2,1-4H3;7-9H,5-6H2,1-4H3;8H,4-7H2,1-3H3;8H,3-7H2,1-2H3. The van der Waals surface area contributed by atoms with Crippen molar-refractivity contribution in [2.24, 2.45) is 11.8 Å². The van der Waals surface area contributed by atoms with E-state index in [0.29, 0.717) is 36.2 Å². The summed E-state index contributed by atoms with van der Waals surface area (Å²) >= 11 is 0. The Bertz CT molecular complexity index is 1970. The fourth-order valence-corrected chi connectivity index (χ4v) is 14.7. The van der Waals surface area contributed by atoms with Crippen molar-refractivity contribution in [1.82, 2.24) is 68.6 Å². The van der Waals surface area contributed by atoms with Crippen molar-refractivity contribution >= 4 is 5.91 Å². The molecule has 9 aliphatic heterocycles. The topological polar surface area (TPSA) is 90.1 Å². The minimum atomic E-state index is -0.147. The van der Waals surface area contributed by atoms with Crippen LogP contribution in [0.15, 0.2) is 12.5 Å². The molecule has 2 unspecified atom stereocenters. The Morgan fingerprint density at radius 2 is 0.790 bits per heavy atom. The van der Waals surface area contributed by atoms with Crippen LogP contribution in [0.3, 0.4) is 0 Å². The van der Waals surface area contributed by atoms with Gasteiger partial charge in [-0.05, 0) is 244 Å². The molecule has 0 bridgehead atoms. The molecular weight excluding hydrogens is 1240 g/mol. The monoisotopic (exact) mass is 1420 g/mol. The molecular formula is C82H172N14O4. The average molecular weight is 1420 g/mol. The van der Waals surface area contributed by atoms with Crippen LogP contribution < -0.4 is 0 Å². The number of ether oxygens (including phenoxy) is 3. The van der Waals surface area contributed by atoms with Crippen LogP contribution in [-0.2, 0) is 19.0 Å². The molecule has 100 heavy (non-hydrogen) atoms. The first kappa shape index (κ1) is 94.3. The van der Waals surface area contributed by atoms with Gasteiger partial charge in [0.25, 0.3) is 0 Å². The van der Waals surface area contributed by atoms with Gasteiger partial charge in [0.1, 0.15) is 5.60 Å². The maximum Gasteiger partial charge on any atom is 0.225 e. The summed E-state index contributed by atoms with van der Waals surface area (Å²) in [5.74, 6) is 2.08. The molecule has 2 atom stereocenters. The normalized spacial score (nSPS) is 23.7. The van der Waals surface area contributed by atoms with Gasteiger partial charge < -0.3 is 48.5 Å². The molecule has 9 rings (SSSR count). The summed E-state index contributed by atoms with van der Waals surface area (Å²) in [6.45, 7) is 93.3. The molecule has 9 heterocycles. The Labute approximate surface area is 622 Å². The average Bonchev–Trinajstić information content (AvgIpc) is 1.05. The number of nitrogens with zero attached hydrogens (tertiary/aromatic N) is 14. The molecule has 18 heteroatoms. The first-order chi connectivity index (χ1) is 46.9. The van der Waals surface area contributed by atoms with E-state index in [9.17, 15) is 4.79 Å². The number of carbonyl (C=O) groups excluding carboxylic acids is 1. The number of morpholine rings is 2. The van der Waals surface area contributed by atoms with Gasteiger partial charge >= 0.3 is 0 Å². The zero-order valence-electron chi connectivity index (χ0n) is 71.6. The Kier molecular flexibility index (Phi) is 47.9. The first-order valence-corrected chi connectivity index (χ1v) is 41.3. The maximum atomic E-state index is 11.7. The van der Waals surface area contributed by atoms with Crippen LogP contribution in [0, 0.1) is 11.8 Å². The molecule has 0 aliphatic carbocycles. The van der Waals surface area contributed by atoms with Gasteiger partial charge in [-0.25, -0.2) is 0 Å². The molecule has 9 fully saturated rings. The molecule has 18 nitrogen and oxygen atoms in total. The van der Waals surface area contributed by atoms with Gasteiger partial charge in [-0.1, -0.05) is 34.1 Å². The molecule has 0 aromatic carbocycles. The molecule has 0 radical (unpaired) electrons. The van der Waals surface area contributed by atoms with Gasteiger partial charge in [-0.3, -0.25) is 39.1 Å². The highest BCUT2D eigenvalue weighted by atomic mass is 16.5. The van der Waals surface area contributed by atoms with E-state index in [2.05, 4.69) is 251 Å². The Morgan fingerprint density at radius 3 is 1.13 bits per heavy atom. The van der Waals surface area contributed by atoms with E-state index in [0.717, 1.165) is 146 Å². The molecule has 0 aromatic heterocycles. The Balaban J connectivity index is 0.000000391. The lowest BCUT2D eigenvalue weighted by Gasteiger charge is -2.41. The summed E-state index contributed by atoms with van der Waals surface area (Å²) in [7, 11) is 6.42. The third-order valence-corrected chi connectivity index (χ3v) is 21.8. The summed E-state index contributed by atoms with van der Waals surface area (Å²) in [5, 5.41) is 0. The Hall–Kier alpha value is -1.75. The van der Waals surface area contributed by atoms with Crippen molar-refractivity contribution in [1.29, 1.82) is 0 Å². The molecule has 0 saturated carbocycles. The number of carbonyl (C=O) groups is 1. The van der Waals surface area contributed by atoms with Crippen LogP contribution in [0.25, 0.3) is 0 Å². The summed E-state index contributed by atoms with van der Waals surface area (Å²) in [6, 6.07) is 7.16. The van der Waals surface area contributed by atoms with Crippen molar-refractivity contribution in [2.75, 3.05) is 211 Å². The second-order valence-corrected chi connectivity index (χ2v) is 34.9. The maximum absolute atomic E-state index is 11.7. The molecule has 9 saturated heterocycles. The second kappa shape index (κ2) is 50.7. The van der Waals surface area contributed by atoms with E-state index in [1.807, 2.05) is 18.7 Å². The van der Waals surface area contributed by atoms with E-state index >= 15 is 0 Å². The van der Waals surface area contributed by atoms with Crippen molar-refractivity contribution in [3.63, 3.8) is 0 Å². The summed E-state index contributed by atoms with van der Waals surface area (Å²) in [6.07, 6.45) is 10.0. The number of piperazine rings is 4. The van der Waals surface area contributed by atoms with E-state index in [1.165, 1.54) is 143 Å². The van der Waals surface area contributed by atoms with Crippen LogP contribution in [0.5, 0.6) is 0 Å². The molecule has 594 valence electrons. The van der Waals surface area contributed by atoms with Crippen LogP contribution in [0.4, 0.5) is 0 Å². The Morgan fingerprint density at radius 1 is 0.440 bits per heavy atom. The number of piperidine rings is 3. The zero-order chi connectivity index (χ0) is 75.4. The molecule has 1 amide bonds. The fraction of sp³-hybridized carbons (Fsp3) is 0.963. The summed E-state index contributed by atoms with van der Waals surface area (Å²) < 4.78 is 16.8. The predicted molar refractivity (Wildman–Crippen MR) is 431 cm³/mol. The van der Waals surface area contributed by atoms with E-state index < -0.39 is 0 Å². The van der Waals surface area contributed by atoms with Gasteiger partial charge in [-0.15, -0.1) is 0 Å². The van der Waals surface area contributed by atoms with E-state index in [4.69, 9.17) is 14.2 Å². The van der Waals surface area contributed by atoms with Gasteiger partial charge in [0.15, 0.2) is 5.88 Å². The highest BCUT2D eigenvalue weighted by Crippen LogP contribution is 2.22. The quantitative estimate of drug-likeness (QED) is 0.146. The number of likely N-dealkylation sites (N-methyl/N-ethyl adjacent to an activating group) is 1. The SMILES string of the molecule is C=C(OC(C)(C)C)N1CCN(C(C)C)CC1.CC(C)C(=O)N1CCC(N(C)C)CC1.CC(C)CN1CCN(C(C)C)CC1.CC(C)N1CCC(N2CCOCC2)CC1.CC(C)N1CCCCC1.CC(C)N1CCN(C(C)C)CC1.CC(C)N1CCN(C)CC1.CC1CN(C(C)C)CC(C)O1. The summed E-state index contributed by atoms with van der Waals surface area (Å²) in [5.41, 5.74) is -0.147. The predicted octanol–water partition coefficient (Wildman–Crippen LogP) is 11.8. The number of rotatable bonds is 15. The minimum Gasteiger partial charge on any atom is -0.474 e. The van der Waals surface area contributed by atoms with Gasteiger partial charge in [0.05, 0.1) is 25.4 Å². The van der Waals surface area contributed by atoms with Gasteiger partial charge in [0.2, 0.25) is 5.91 Å². The van der Waals surface area contributed by atoms with E-state index in [-0.39, 0.29) is 11.5 Å². The largest absolute Gasteiger partial charge is 0.474 e. The van der Waals surface area contributed by atoms with Crippen LogP contribution in [0.1, 0.15) is 218 Å². The van der Waals surface area contributed by atoms with Gasteiger partial charge in [0, 0.05) is 217 Å². The molecule has 9 aliphatic rings. The van der Waals surface area contributed by atoms with Gasteiger partial charge in [-0.2, -0.15) is 0 Å². The van der Waals surface area contributed by atoms with Crippen molar-refractivity contribution in [3.8, 4) is 0 Å². The lowest BCUT2D eigenvalue weighted by Crippen LogP contribution is -2.50.